The first-order valence-corrected chi connectivity index (χ1v) is 5.65. The summed E-state index contributed by atoms with van der Waals surface area (Å²) in [5.41, 5.74) is 0. The summed E-state index contributed by atoms with van der Waals surface area (Å²) >= 11 is 0. The summed E-state index contributed by atoms with van der Waals surface area (Å²) in [5, 5.41) is -0.611. The monoisotopic (exact) mass is 201 g/mol. The van der Waals surface area contributed by atoms with Gasteiger partial charge in [-0.25, -0.2) is 8.42 Å². The minimum Gasteiger partial charge on any atom is -0.301 e. The van der Waals surface area contributed by atoms with Crippen molar-refractivity contribution in [3.63, 3.8) is 0 Å². The van der Waals surface area contributed by atoms with E-state index in [9.17, 15) is 13.2 Å². The molecule has 0 spiro atoms. The van der Waals surface area contributed by atoms with Gasteiger partial charge in [0.1, 0.15) is 5.37 Å². The Morgan fingerprint density at radius 2 is 2.15 bits per heavy atom. The first kappa shape index (κ1) is 8.74. The van der Waals surface area contributed by atoms with E-state index in [1.165, 1.54) is 4.90 Å². The maximum atomic E-state index is 11.8. The Morgan fingerprint density at radius 1 is 1.54 bits per heavy atom. The SMILES string of the molecule is CC1(C)C=CN2C(=O)C[C@H]2S1(=O)=O. The van der Waals surface area contributed by atoms with Gasteiger partial charge < -0.3 is 4.90 Å². The van der Waals surface area contributed by atoms with Crippen LogP contribution in [-0.2, 0) is 14.6 Å². The summed E-state index contributed by atoms with van der Waals surface area (Å²) in [7, 11) is -3.22. The molecule has 2 aliphatic heterocycles. The van der Waals surface area contributed by atoms with Crippen molar-refractivity contribution in [3.05, 3.63) is 12.3 Å². The summed E-state index contributed by atoms with van der Waals surface area (Å²) in [6.07, 6.45) is 3.28. The average Bonchev–Trinajstić information content (AvgIpc) is 1.97. The van der Waals surface area contributed by atoms with E-state index in [0.29, 0.717) is 0 Å². The molecule has 0 aromatic rings. The van der Waals surface area contributed by atoms with Gasteiger partial charge in [-0.15, -0.1) is 0 Å². The number of carbonyl (C=O) groups excluding carboxylic acids is 1. The molecular weight excluding hydrogens is 190 g/mol. The van der Waals surface area contributed by atoms with Crippen molar-refractivity contribution >= 4 is 15.7 Å². The second kappa shape index (κ2) is 2.15. The molecular formula is C8H11NO3S. The van der Waals surface area contributed by atoms with E-state index in [1.54, 1.807) is 26.1 Å². The molecule has 0 aromatic heterocycles. The standard InChI is InChI=1S/C8H11NO3S/c1-8(2)3-4-9-6(10)5-7(9)13(8,11)12/h3-4,7H,5H2,1-2H3/t7-/m1/s1. The zero-order valence-corrected chi connectivity index (χ0v) is 8.34. The third kappa shape index (κ3) is 0.905. The van der Waals surface area contributed by atoms with E-state index < -0.39 is 20.0 Å². The summed E-state index contributed by atoms with van der Waals surface area (Å²) in [5.74, 6) is -0.111. The average molecular weight is 201 g/mol. The molecule has 0 N–H and O–H groups in total. The molecule has 1 fully saturated rings. The second-order valence-electron chi connectivity index (χ2n) is 3.92. The smallest absolute Gasteiger partial charge is 0.230 e. The number of rotatable bonds is 0. The molecule has 0 radical (unpaired) electrons. The van der Waals surface area contributed by atoms with Crippen molar-refractivity contribution < 1.29 is 13.2 Å². The molecule has 1 atom stereocenters. The van der Waals surface area contributed by atoms with Crippen LogP contribution < -0.4 is 0 Å². The Hall–Kier alpha value is -0.840. The van der Waals surface area contributed by atoms with Crippen molar-refractivity contribution in [1.82, 2.24) is 4.90 Å². The predicted molar refractivity (Wildman–Crippen MR) is 47.4 cm³/mol. The Morgan fingerprint density at radius 3 is 2.69 bits per heavy atom. The molecule has 0 saturated carbocycles. The van der Waals surface area contributed by atoms with Gasteiger partial charge in [0.05, 0.1) is 11.2 Å². The fourth-order valence-corrected chi connectivity index (χ4v) is 3.35. The van der Waals surface area contributed by atoms with E-state index in [-0.39, 0.29) is 12.3 Å². The normalized spacial score (nSPS) is 33.8. The van der Waals surface area contributed by atoms with Crippen LogP contribution in [0.4, 0.5) is 0 Å². The maximum absolute atomic E-state index is 11.8. The van der Waals surface area contributed by atoms with E-state index in [0.717, 1.165) is 0 Å². The topological polar surface area (TPSA) is 54.5 Å². The van der Waals surface area contributed by atoms with Crippen molar-refractivity contribution in [2.75, 3.05) is 0 Å². The minimum absolute atomic E-state index is 0.111. The largest absolute Gasteiger partial charge is 0.301 e. The third-order valence-corrected chi connectivity index (χ3v) is 5.39. The first-order chi connectivity index (χ1) is 5.86. The molecule has 5 heteroatoms. The summed E-state index contributed by atoms with van der Waals surface area (Å²) in [4.78, 5) is 12.3. The number of fused-ring (bicyclic) bond motifs is 1. The van der Waals surface area contributed by atoms with Crippen LogP contribution in [0.15, 0.2) is 12.3 Å². The summed E-state index contributed by atoms with van der Waals surface area (Å²) in [6.45, 7) is 3.30. The molecule has 0 unspecified atom stereocenters. The van der Waals surface area contributed by atoms with E-state index >= 15 is 0 Å². The lowest BCUT2D eigenvalue weighted by Crippen LogP contribution is -2.60. The number of sulfone groups is 1. The van der Waals surface area contributed by atoms with Gasteiger partial charge in [0.2, 0.25) is 5.91 Å². The zero-order valence-electron chi connectivity index (χ0n) is 7.52. The Kier molecular flexibility index (Phi) is 1.44. The molecule has 2 aliphatic rings. The summed E-state index contributed by atoms with van der Waals surface area (Å²) < 4.78 is 22.8. The van der Waals surface area contributed by atoms with Gasteiger partial charge in [0.25, 0.3) is 0 Å². The molecule has 0 aliphatic carbocycles. The highest BCUT2D eigenvalue weighted by Crippen LogP contribution is 2.37. The minimum atomic E-state index is -3.22. The van der Waals surface area contributed by atoms with Crippen LogP contribution in [0.25, 0.3) is 0 Å². The van der Waals surface area contributed by atoms with E-state index in [4.69, 9.17) is 0 Å². The molecule has 1 amide bonds. The maximum Gasteiger partial charge on any atom is 0.230 e. The van der Waals surface area contributed by atoms with Crippen molar-refractivity contribution in [2.24, 2.45) is 0 Å². The van der Waals surface area contributed by atoms with Crippen molar-refractivity contribution in [3.8, 4) is 0 Å². The highest BCUT2D eigenvalue weighted by Gasteiger charge is 2.52. The van der Waals surface area contributed by atoms with Crippen molar-refractivity contribution in [1.29, 1.82) is 0 Å². The summed E-state index contributed by atoms with van der Waals surface area (Å²) in [6, 6.07) is 0. The van der Waals surface area contributed by atoms with Crippen LogP contribution in [0.3, 0.4) is 0 Å². The van der Waals surface area contributed by atoms with Gasteiger partial charge in [0, 0.05) is 6.20 Å². The number of β-lactam (4-membered cyclic amide) rings is 1. The van der Waals surface area contributed by atoms with Crippen LogP contribution >= 0.6 is 0 Å². The number of hydrogen-bond donors (Lipinski definition) is 0. The number of carbonyl (C=O) groups is 1. The zero-order chi connectivity index (χ0) is 9.85. The highest BCUT2D eigenvalue weighted by molar-refractivity contribution is 7.93. The van der Waals surface area contributed by atoms with Crippen molar-refractivity contribution in [2.45, 2.75) is 30.4 Å². The number of nitrogens with zero attached hydrogens (tertiary/aromatic N) is 1. The lowest BCUT2D eigenvalue weighted by atomic mass is 10.1. The first-order valence-electron chi connectivity index (χ1n) is 4.10. The fraction of sp³-hybridized carbons (Fsp3) is 0.625. The predicted octanol–water partition coefficient (Wildman–Crippen LogP) is 0.266. The fourth-order valence-electron chi connectivity index (χ4n) is 1.54. The van der Waals surface area contributed by atoms with Crippen LogP contribution in [0, 0.1) is 0 Å². The molecule has 0 aromatic carbocycles. The van der Waals surface area contributed by atoms with Gasteiger partial charge in [0.15, 0.2) is 9.84 Å². The Bertz CT molecular complexity index is 394. The Balaban J connectivity index is 2.51. The molecule has 2 rings (SSSR count). The van der Waals surface area contributed by atoms with Crippen LogP contribution in [0.5, 0.6) is 0 Å². The molecule has 0 bridgehead atoms. The number of amides is 1. The van der Waals surface area contributed by atoms with E-state index in [1.807, 2.05) is 0 Å². The lowest BCUT2D eigenvalue weighted by molar-refractivity contribution is -0.138. The second-order valence-corrected chi connectivity index (χ2v) is 6.61. The van der Waals surface area contributed by atoms with Gasteiger partial charge in [-0.2, -0.15) is 0 Å². The van der Waals surface area contributed by atoms with Gasteiger partial charge in [-0.1, -0.05) is 0 Å². The van der Waals surface area contributed by atoms with Crippen LogP contribution in [0.2, 0.25) is 0 Å². The lowest BCUT2D eigenvalue weighted by Gasteiger charge is -2.44. The molecule has 2 heterocycles. The molecule has 13 heavy (non-hydrogen) atoms. The van der Waals surface area contributed by atoms with Gasteiger partial charge in [-0.05, 0) is 19.9 Å². The molecule has 1 saturated heterocycles. The van der Waals surface area contributed by atoms with E-state index in [2.05, 4.69) is 0 Å². The van der Waals surface area contributed by atoms with Gasteiger partial charge in [-0.3, -0.25) is 4.79 Å². The number of hydrogen-bond acceptors (Lipinski definition) is 3. The van der Waals surface area contributed by atoms with Crippen LogP contribution in [-0.4, -0.2) is 29.3 Å². The molecule has 4 nitrogen and oxygen atoms in total. The molecule has 72 valence electrons. The highest BCUT2D eigenvalue weighted by atomic mass is 32.2. The quantitative estimate of drug-likeness (QED) is 0.528. The third-order valence-electron chi connectivity index (χ3n) is 2.68. The Labute approximate surface area is 77.1 Å². The van der Waals surface area contributed by atoms with Gasteiger partial charge >= 0.3 is 0 Å². The van der Waals surface area contributed by atoms with Crippen LogP contribution in [0.1, 0.15) is 20.3 Å².